The highest BCUT2D eigenvalue weighted by Gasteiger charge is 2.08. The number of aliphatic hydroxyl groups excluding tert-OH is 1. The number of nitrogens with one attached hydrogen (secondary N) is 1. The van der Waals surface area contributed by atoms with E-state index in [0.29, 0.717) is 6.54 Å². The van der Waals surface area contributed by atoms with Gasteiger partial charge >= 0.3 is 0 Å². The molecule has 1 aromatic heterocycles. The lowest BCUT2D eigenvalue weighted by Gasteiger charge is -2.12. The second kappa shape index (κ2) is 6.71. The largest absolute Gasteiger partial charge is 0.387 e. The molecule has 0 saturated heterocycles. The van der Waals surface area contributed by atoms with E-state index in [4.69, 9.17) is 0 Å². The Morgan fingerprint density at radius 1 is 1.05 bits per heavy atom. The van der Waals surface area contributed by atoms with Gasteiger partial charge < -0.3 is 10.4 Å². The molecule has 1 unspecified atom stereocenters. The smallest absolute Gasteiger partial charge is 0.0914 e. The van der Waals surface area contributed by atoms with Crippen LogP contribution in [-0.2, 0) is 6.54 Å². The van der Waals surface area contributed by atoms with Gasteiger partial charge in [0, 0.05) is 18.0 Å². The second-order valence-corrected chi connectivity index (χ2v) is 7.51. The molecule has 21 heavy (non-hydrogen) atoms. The van der Waals surface area contributed by atoms with E-state index < -0.39 is 6.10 Å². The van der Waals surface area contributed by atoms with Gasteiger partial charge in [-0.1, -0.05) is 36.4 Å². The molecule has 0 aliphatic rings. The molecule has 0 fully saturated rings. The third-order valence-corrected chi connectivity index (χ3v) is 5.05. The van der Waals surface area contributed by atoms with E-state index in [1.807, 2.05) is 24.3 Å². The van der Waals surface area contributed by atoms with Crippen molar-refractivity contribution in [2.75, 3.05) is 6.54 Å². The van der Waals surface area contributed by atoms with E-state index in [1.54, 1.807) is 11.3 Å². The fourth-order valence-electron chi connectivity index (χ4n) is 2.31. The summed E-state index contributed by atoms with van der Waals surface area (Å²) in [5.74, 6) is 0. The molecule has 0 amide bonds. The van der Waals surface area contributed by atoms with E-state index in [-0.39, 0.29) is 0 Å². The van der Waals surface area contributed by atoms with E-state index in [1.165, 1.54) is 10.3 Å². The molecule has 0 saturated carbocycles. The molecule has 2 aromatic carbocycles. The highest BCUT2D eigenvalue weighted by molar-refractivity contribution is 9.11. The number of halogens is 1. The van der Waals surface area contributed by atoms with E-state index in [9.17, 15) is 5.11 Å². The maximum Gasteiger partial charge on any atom is 0.0914 e. The number of thiophene rings is 1. The Labute approximate surface area is 136 Å². The van der Waals surface area contributed by atoms with E-state index >= 15 is 0 Å². The maximum absolute atomic E-state index is 10.3. The van der Waals surface area contributed by atoms with Gasteiger partial charge in [0.15, 0.2) is 0 Å². The molecule has 2 nitrogen and oxygen atoms in total. The van der Waals surface area contributed by atoms with Crippen molar-refractivity contribution in [3.05, 3.63) is 68.8 Å². The molecule has 0 radical (unpaired) electrons. The van der Waals surface area contributed by atoms with Crippen LogP contribution < -0.4 is 5.32 Å². The molecule has 3 rings (SSSR count). The molecule has 4 heteroatoms. The minimum absolute atomic E-state index is 0.488. The number of aliphatic hydroxyl groups is 1. The zero-order valence-electron chi connectivity index (χ0n) is 11.4. The lowest BCUT2D eigenvalue weighted by atomic mass is 10.0. The first-order chi connectivity index (χ1) is 10.2. The average molecular weight is 362 g/mol. The number of benzene rings is 2. The van der Waals surface area contributed by atoms with Gasteiger partial charge in [0.1, 0.15) is 0 Å². The first-order valence-corrected chi connectivity index (χ1v) is 8.45. The summed E-state index contributed by atoms with van der Waals surface area (Å²) >= 11 is 5.16. The zero-order valence-corrected chi connectivity index (χ0v) is 13.8. The molecule has 1 heterocycles. The van der Waals surface area contributed by atoms with Gasteiger partial charge in [-0.25, -0.2) is 0 Å². The van der Waals surface area contributed by atoms with Crippen LogP contribution in [0.2, 0.25) is 0 Å². The molecule has 2 N–H and O–H groups in total. The van der Waals surface area contributed by atoms with Crippen molar-refractivity contribution in [1.82, 2.24) is 5.32 Å². The van der Waals surface area contributed by atoms with Crippen LogP contribution in [0.1, 0.15) is 16.5 Å². The Bertz CT molecular complexity index is 740. The van der Waals surface area contributed by atoms with Crippen molar-refractivity contribution in [2.45, 2.75) is 12.6 Å². The topological polar surface area (TPSA) is 32.3 Å². The fourth-order valence-corrected chi connectivity index (χ4v) is 3.76. The summed E-state index contributed by atoms with van der Waals surface area (Å²) in [6.07, 6.45) is -0.488. The molecule has 108 valence electrons. The number of hydrogen-bond acceptors (Lipinski definition) is 3. The molecule has 0 aliphatic heterocycles. The van der Waals surface area contributed by atoms with Crippen molar-refractivity contribution in [1.29, 1.82) is 0 Å². The normalized spacial score (nSPS) is 12.7. The molecular weight excluding hydrogens is 346 g/mol. The Balaban J connectivity index is 1.62. The molecule has 0 bridgehead atoms. The van der Waals surface area contributed by atoms with Gasteiger partial charge in [-0.3, -0.25) is 0 Å². The monoisotopic (exact) mass is 361 g/mol. The predicted octanol–water partition coefficient (Wildman–Crippen LogP) is 4.49. The maximum atomic E-state index is 10.3. The van der Waals surface area contributed by atoms with Crippen LogP contribution in [-0.4, -0.2) is 11.7 Å². The lowest BCUT2D eigenvalue weighted by Crippen LogP contribution is -2.20. The van der Waals surface area contributed by atoms with Gasteiger partial charge in [-0.05, 0) is 50.5 Å². The quantitative estimate of drug-likeness (QED) is 0.701. The van der Waals surface area contributed by atoms with Gasteiger partial charge in [0.2, 0.25) is 0 Å². The zero-order chi connectivity index (χ0) is 14.7. The fraction of sp³-hybridized carbons (Fsp3) is 0.176. The molecule has 0 aliphatic carbocycles. The third-order valence-electron chi connectivity index (χ3n) is 3.42. The summed E-state index contributed by atoms with van der Waals surface area (Å²) in [7, 11) is 0. The van der Waals surface area contributed by atoms with Crippen LogP contribution >= 0.6 is 27.3 Å². The van der Waals surface area contributed by atoms with Crippen LogP contribution in [0.3, 0.4) is 0 Å². The number of hydrogen-bond donors (Lipinski definition) is 2. The minimum atomic E-state index is -0.488. The van der Waals surface area contributed by atoms with E-state index in [2.05, 4.69) is 51.6 Å². The summed E-state index contributed by atoms with van der Waals surface area (Å²) < 4.78 is 1.13. The van der Waals surface area contributed by atoms with Crippen LogP contribution in [0, 0.1) is 0 Å². The third kappa shape index (κ3) is 3.71. The lowest BCUT2D eigenvalue weighted by molar-refractivity contribution is 0.174. The number of rotatable bonds is 5. The summed E-state index contributed by atoms with van der Waals surface area (Å²) in [5, 5.41) is 16.0. The van der Waals surface area contributed by atoms with Gasteiger partial charge in [-0.15, -0.1) is 11.3 Å². The van der Waals surface area contributed by atoms with Gasteiger partial charge in [0.05, 0.1) is 9.89 Å². The van der Waals surface area contributed by atoms with Crippen LogP contribution in [0.5, 0.6) is 0 Å². The van der Waals surface area contributed by atoms with Crippen molar-refractivity contribution < 1.29 is 5.11 Å². The Morgan fingerprint density at radius 3 is 2.62 bits per heavy atom. The molecule has 1 atom stereocenters. The molecule has 3 aromatic rings. The van der Waals surface area contributed by atoms with Crippen LogP contribution in [0.4, 0.5) is 0 Å². The van der Waals surface area contributed by atoms with Gasteiger partial charge in [0.25, 0.3) is 0 Å². The van der Waals surface area contributed by atoms with Gasteiger partial charge in [-0.2, -0.15) is 0 Å². The Hall–Kier alpha value is -1.20. The summed E-state index contributed by atoms with van der Waals surface area (Å²) in [5.41, 5.74) is 0.952. The Morgan fingerprint density at radius 2 is 1.86 bits per heavy atom. The first kappa shape index (κ1) is 14.7. The molecule has 0 spiro atoms. The van der Waals surface area contributed by atoms with Crippen molar-refractivity contribution >= 4 is 38.0 Å². The summed E-state index contributed by atoms with van der Waals surface area (Å²) in [6.45, 7) is 1.33. The Kier molecular flexibility index (Phi) is 4.70. The van der Waals surface area contributed by atoms with Crippen molar-refractivity contribution in [2.24, 2.45) is 0 Å². The van der Waals surface area contributed by atoms with E-state index in [0.717, 1.165) is 21.3 Å². The first-order valence-electron chi connectivity index (χ1n) is 6.84. The highest BCUT2D eigenvalue weighted by Crippen LogP contribution is 2.22. The minimum Gasteiger partial charge on any atom is -0.387 e. The predicted molar refractivity (Wildman–Crippen MR) is 92.6 cm³/mol. The van der Waals surface area contributed by atoms with Crippen LogP contribution in [0.15, 0.2) is 58.4 Å². The average Bonchev–Trinajstić information content (AvgIpc) is 2.92. The highest BCUT2D eigenvalue weighted by atomic mass is 79.9. The SMILES string of the molecule is OC(CNCc1ccc(Br)s1)c1ccc2ccccc2c1. The number of fused-ring (bicyclic) bond motifs is 1. The van der Waals surface area contributed by atoms with Crippen LogP contribution in [0.25, 0.3) is 10.8 Å². The summed E-state index contributed by atoms with van der Waals surface area (Å²) in [4.78, 5) is 1.26. The van der Waals surface area contributed by atoms with Crippen molar-refractivity contribution in [3.8, 4) is 0 Å². The molecular formula is C17H16BrNOS. The van der Waals surface area contributed by atoms with Crippen molar-refractivity contribution in [3.63, 3.8) is 0 Å². The second-order valence-electron chi connectivity index (χ2n) is 4.96. The summed E-state index contributed by atoms with van der Waals surface area (Å²) in [6, 6.07) is 18.4. The standard InChI is InChI=1S/C17H16BrNOS/c18-17-8-7-15(21-17)10-19-11-16(20)14-6-5-12-3-1-2-4-13(12)9-14/h1-9,16,19-20H,10-11H2.